The first-order chi connectivity index (χ1) is 20.3. The number of rotatable bonds is 13. The Kier molecular flexibility index (Phi) is 10.9. The van der Waals surface area contributed by atoms with Crippen LogP contribution in [0.1, 0.15) is 57.4 Å². The second-order valence-corrected chi connectivity index (χ2v) is 11.5. The van der Waals surface area contributed by atoms with Crippen LogP contribution in [0.3, 0.4) is 0 Å². The molecule has 3 aliphatic rings. The lowest BCUT2D eigenvalue weighted by Gasteiger charge is -2.52. The third kappa shape index (κ3) is 6.59. The van der Waals surface area contributed by atoms with Crippen molar-refractivity contribution < 1.29 is 38.1 Å². The average molecular weight is 587 g/mol. The monoisotopic (exact) mass is 586 g/mol. The summed E-state index contributed by atoms with van der Waals surface area (Å²) < 4.78 is 27.9. The van der Waals surface area contributed by atoms with Gasteiger partial charge in [-0.25, -0.2) is 0 Å². The number of methoxy groups -OCH3 is 4. The topological polar surface area (TPSA) is 113 Å². The molecule has 10 nitrogen and oxygen atoms in total. The number of hydrogen-bond donors (Lipinski definition) is 1. The molecule has 0 radical (unpaired) electrons. The van der Waals surface area contributed by atoms with Crippen LogP contribution >= 0.6 is 0 Å². The van der Waals surface area contributed by atoms with Gasteiger partial charge >= 0.3 is 5.97 Å². The predicted molar refractivity (Wildman–Crippen MR) is 156 cm³/mol. The van der Waals surface area contributed by atoms with Crippen LogP contribution in [0.15, 0.2) is 30.0 Å². The van der Waals surface area contributed by atoms with Gasteiger partial charge in [0.25, 0.3) is 0 Å². The minimum Gasteiger partial charge on any atom is -0.493 e. The fourth-order valence-electron chi connectivity index (χ4n) is 6.80. The summed E-state index contributed by atoms with van der Waals surface area (Å²) in [5, 5.41) is 2.89. The zero-order chi connectivity index (χ0) is 30.3. The summed E-state index contributed by atoms with van der Waals surface area (Å²) in [7, 11) is 6.15. The Morgan fingerprint density at radius 3 is 2.50 bits per heavy atom. The van der Waals surface area contributed by atoms with Gasteiger partial charge < -0.3 is 33.9 Å². The number of esters is 1. The van der Waals surface area contributed by atoms with Gasteiger partial charge in [0.2, 0.25) is 11.8 Å². The Hall–Kier alpha value is -3.11. The summed E-state index contributed by atoms with van der Waals surface area (Å²) in [6.45, 7) is 3.21. The van der Waals surface area contributed by atoms with E-state index < -0.39 is 23.4 Å². The van der Waals surface area contributed by atoms with Crippen LogP contribution in [0.5, 0.6) is 11.5 Å². The lowest BCUT2D eigenvalue weighted by atomic mass is 9.66. The number of nitrogens with zero attached hydrogens (tertiary/aromatic N) is 1. The Morgan fingerprint density at radius 2 is 1.83 bits per heavy atom. The number of fused-ring (bicyclic) bond motifs is 1. The van der Waals surface area contributed by atoms with Crippen molar-refractivity contribution in [3.63, 3.8) is 0 Å². The van der Waals surface area contributed by atoms with Crippen molar-refractivity contribution in [2.24, 2.45) is 17.3 Å². The molecule has 1 aromatic carbocycles. The van der Waals surface area contributed by atoms with Crippen molar-refractivity contribution >= 4 is 17.8 Å². The summed E-state index contributed by atoms with van der Waals surface area (Å²) >= 11 is 0. The molecule has 42 heavy (non-hydrogen) atoms. The molecule has 1 N–H and O–H groups in total. The van der Waals surface area contributed by atoms with Gasteiger partial charge in [0, 0.05) is 44.8 Å². The fraction of sp³-hybridized carbons (Fsp3) is 0.656. The zero-order valence-electron chi connectivity index (χ0n) is 25.6. The van der Waals surface area contributed by atoms with Crippen molar-refractivity contribution in [3.8, 4) is 11.5 Å². The molecule has 4 atom stereocenters. The smallest absolute Gasteiger partial charge is 0.320 e. The van der Waals surface area contributed by atoms with E-state index in [-0.39, 0.29) is 30.8 Å². The fourth-order valence-corrected chi connectivity index (χ4v) is 6.80. The molecule has 1 saturated carbocycles. The number of carbonyl (C=O) groups is 3. The third-order valence-corrected chi connectivity index (χ3v) is 9.07. The molecule has 0 unspecified atom stereocenters. The second kappa shape index (κ2) is 14.4. The number of benzene rings is 1. The molecular formula is C32H46N2O8. The summed E-state index contributed by atoms with van der Waals surface area (Å²) in [5.74, 6) is 0.0268. The van der Waals surface area contributed by atoms with Gasteiger partial charge in [0.05, 0.1) is 33.5 Å². The van der Waals surface area contributed by atoms with Gasteiger partial charge in [-0.1, -0.05) is 18.9 Å². The third-order valence-electron chi connectivity index (χ3n) is 9.07. The molecule has 1 aromatic rings. The molecule has 10 heteroatoms. The highest BCUT2D eigenvalue weighted by Crippen LogP contribution is 2.51. The van der Waals surface area contributed by atoms with Gasteiger partial charge in [-0.15, -0.1) is 0 Å². The van der Waals surface area contributed by atoms with Crippen molar-refractivity contribution in [3.05, 3.63) is 35.5 Å². The quantitative estimate of drug-likeness (QED) is 0.275. The van der Waals surface area contributed by atoms with Crippen LogP contribution < -0.4 is 14.8 Å². The largest absolute Gasteiger partial charge is 0.493 e. The zero-order valence-corrected chi connectivity index (χ0v) is 25.6. The summed E-state index contributed by atoms with van der Waals surface area (Å²) in [5.41, 5.74) is 0.401. The van der Waals surface area contributed by atoms with Crippen LogP contribution in [-0.2, 0) is 35.0 Å². The standard InChI is InChI=1S/C32H46N2O8/c1-21-32(31(37)41-5)20-24(18-29(35)33-14-8-16-38-2)30(36)34(28(32)19-26(42-21)23-9-6-7-10-23)15-13-22-11-12-25(39-3)27(17-22)40-4/h11-12,17,19,21,23-24,26H,6-10,13-16,18,20H2,1-5H3,(H,33,35)/t21-,24-,26-,32+/m0/s1. The molecule has 1 aliphatic carbocycles. The van der Waals surface area contributed by atoms with Gasteiger partial charge in [-0.2, -0.15) is 0 Å². The lowest BCUT2D eigenvalue weighted by Crippen LogP contribution is -2.61. The number of amides is 2. The number of nitrogens with one attached hydrogen (secondary N) is 1. The number of carbonyl (C=O) groups excluding carboxylic acids is 3. The molecular weight excluding hydrogens is 540 g/mol. The van der Waals surface area contributed by atoms with E-state index in [0.29, 0.717) is 55.7 Å². The molecule has 1 saturated heterocycles. The Labute approximate surface area is 249 Å². The van der Waals surface area contributed by atoms with Crippen LogP contribution in [0, 0.1) is 17.3 Å². The number of likely N-dealkylation sites (tertiary alicyclic amines) is 1. The molecule has 0 bridgehead atoms. The molecule has 2 aliphatic heterocycles. The maximum Gasteiger partial charge on any atom is 0.320 e. The van der Waals surface area contributed by atoms with E-state index in [2.05, 4.69) is 5.32 Å². The van der Waals surface area contributed by atoms with E-state index in [1.165, 1.54) is 7.11 Å². The van der Waals surface area contributed by atoms with E-state index in [1.807, 2.05) is 31.2 Å². The number of ether oxygens (including phenoxy) is 5. The number of hydrogen-bond acceptors (Lipinski definition) is 8. The van der Waals surface area contributed by atoms with Crippen LogP contribution in [0.4, 0.5) is 0 Å². The predicted octanol–water partition coefficient (Wildman–Crippen LogP) is 3.66. The average Bonchev–Trinajstić information content (AvgIpc) is 3.54. The summed E-state index contributed by atoms with van der Waals surface area (Å²) in [4.78, 5) is 42.5. The van der Waals surface area contributed by atoms with E-state index in [1.54, 1.807) is 26.2 Å². The van der Waals surface area contributed by atoms with Crippen LogP contribution in [0.2, 0.25) is 0 Å². The summed E-state index contributed by atoms with van der Waals surface area (Å²) in [6.07, 6.45) is 7.00. The first-order valence-electron chi connectivity index (χ1n) is 15.0. The minimum absolute atomic E-state index is 0.0243. The van der Waals surface area contributed by atoms with Crippen molar-refractivity contribution in [2.75, 3.05) is 48.1 Å². The van der Waals surface area contributed by atoms with Crippen LogP contribution in [-0.4, -0.2) is 83.0 Å². The molecule has 0 spiro atoms. The van der Waals surface area contributed by atoms with E-state index in [4.69, 9.17) is 23.7 Å². The van der Waals surface area contributed by atoms with E-state index >= 15 is 0 Å². The Morgan fingerprint density at radius 1 is 1.10 bits per heavy atom. The highest BCUT2D eigenvalue weighted by atomic mass is 16.5. The minimum atomic E-state index is -1.20. The van der Waals surface area contributed by atoms with Gasteiger partial charge in [0.15, 0.2) is 11.5 Å². The maximum absolute atomic E-state index is 14.2. The Balaban J connectivity index is 1.68. The van der Waals surface area contributed by atoms with E-state index in [9.17, 15) is 14.4 Å². The van der Waals surface area contributed by atoms with Crippen molar-refractivity contribution in [2.45, 2.75) is 70.5 Å². The molecule has 232 valence electrons. The lowest BCUT2D eigenvalue weighted by molar-refractivity contribution is -0.177. The molecule has 0 aromatic heterocycles. The normalized spacial score (nSPS) is 25.9. The molecule has 4 rings (SSSR count). The first-order valence-corrected chi connectivity index (χ1v) is 15.0. The van der Waals surface area contributed by atoms with Crippen molar-refractivity contribution in [1.82, 2.24) is 10.2 Å². The van der Waals surface area contributed by atoms with Crippen LogP contribution in [0.25, 0.3) is 0 Å². The highest BCUT2D eigenvalue weighted by molar-refractivity contribution is 5.92. The summed E-state index contributed by atoms with van der Waals surface area (Å²) in [6, 6.07) is 5.68. The Bertz CT molecular complexity index is 1150. The van der Waals surface area contributed by atoms with Gasteiger partial charge in [-0.05, 0) is 68.7 Å². The maximum atomic E-state index is 14.2. The molecule has 2 fully saturated rings. The van der Waals surface area contributed by atoms with Crippen molar-refractivity contribution in [1.29, 1.82) is 0 Å². The van der Waals surface area contributed by atoms with Gasteiger partial charge in [0.1, 0.15) is 5.41 Å². The second-order valence-electron chi connectivity index (χ2n) is 11.5. The van der Waals surface area contributed by atoms with Gasteiger partial charge in [-0.3, -0.25) is 14.4 Å². The van der Waals surface area contributed by atoms with E-state index in [0.717, 1.165) is 31.2 Å². The number of piperidine rings is 1. The molecule has 2 amide bonds. The molecule has 2 heterocycles. The highest BCUT2D eigenvalue weighted by Gasteiger charge is 2.60. The SMILES string of the molecule is COCCCNC(=O)C[C@H]1C[C@]2(C(=O)OC)C(=C[C@@H](C3CCCC3)O[C@H]2C)N(CCc2ccc(OC)c(OC)c2)C1=O. The first kappa shape index (κ1) is 31.8.